The zero-order valence-corrected chi connectivity index (χ0v) is 18.3. The maximum absolute atomic E-state index is 12.2. The lowest BCUT2D eigenvalue weighted by molar-refractivity contribution is -0.00998. The monoisotopic (exact) mass is 394 g/mol. The normalized spacial score (nSPS) is 13.3. The van der Waals surface area contributed by atoms with Gasteiger partial charge in [0.15, 0.2) is 6.79 Å². The summed E-state index contributed by atoms with van der Waals surface area (Å²) in [7, 11) is 1.60. The van der Waals surface area contributed by atoms with Gasteiger partial charge in [0.25, 0.3) is 0 Å². The van der Waals surface area contributed by atoms with E-state index in [0.29, 0.717) is 30.1 Å². The van der Waals surface area contributed by atoms with Gasteiger partial charge >= 0.3 is 0 Å². The molecule has 1 aromatic carbocycles. The Balaban J connectivity index is 3.75. The Morgan fingerprint density at radius 3 is 2.18 bits per heavy atom. The highest BCUT2D eigenvalue weighted by atomic mass is 16.7. The molecule has 0 aliphatic heterocycles. The van der Waals surface area contributed by atoms with Gasteiger partial charge in [0, 0.05) is 23.8 Å². The Labute approximate surface area is 167 Å². The van der Waals surface area contributed by atoms with Gasteiger partial charge in [-0.15, -0.1) is 0 Å². The van der Waals surface area contributed by atoms with Crippen molar-refractivity contribution < 1.29 is 19.0 Å². The van der Waals surface area contributed by atoms with Gasteiger partial charge in [-0.3, -0.25) is 4.79 Å². The smallest absolute Gasteiger partial charge is 0.249 e. The first-order valence-electron chi connectivity index (χ1n) is 9.39. The number of hydrogen-bond acceptors (Lipinski definition) is 6. The van der Waals surface area contributed by atoms with Crippen molar-refractivity contribution in [2.75, 3.05) is 27.1 Å². The summed E-state index contributed by atoms with van der Waals surface area (Å²) in [6.45, 7) is 14.6. The number of primary amides is 1. The van der Waals surface area contributed by atoms with Crippen molar-refractivity contribution >= 4 is 5.91 Å². The zero-order chi connectivity index (χ0) is 21.7. The fourth-order valence-corrected chi connectivity index (χ4v) is 3.12. The Hall–Kier alpha value is -1.99. The first kappa shape index (κ1) is 24.0. The lowest BCUT2D eigenvalue weighted by Gasteiger charge is -2.33. The van der Waals surface area contributed by atoms with Gasteiger partial charge in [-0.25, -0.2) is 0 Å². The molecule has 0 spiro atoms. The number of ether oxygens (including phenoxy) is 3. The molecule has 7 nitrogen and oxygen atoms in total. The van der Waals surface area contributed by atoms with Crippen LogP contribution in [-0.4, -0.2) is 33.0 Å². The van der Waals surface area contributed by atoms with Gasteiger partial charge in [-0.05, 0) is 29.4 Å². The first-order valence-corrected chi connectivity index (χ1v) is 9.39. The molecule has 0 saturated heterocycles. The lowest BCUT2D eigenvalue weighted by atomic mass is 9.74. The molecular formula is C21H34N2O5. The van der Waals surface area contributed by atoms with E-state index >= 15 is 0 Å². The Kier molecular flexibility index (Phi) is 8.14. The van der Waals surface area contributed by atoms with E-state index in [0.717, 1.165) is 11.1 Å². The minimum Gasteiger partial charge on any atom is -0.467 e. The van der Waals surface area contributed by atoms with Crippen molar-refractivity contribution in [1.82, 2.24) is 0 Å². The van der Waals surface area contributed by atoms with Crippen LogP contribution in [0.1, 0.15) is 81.6 Å². The minimum absolute atomic E-state index is 0.0216. The van der Waals surface area contributed by atoms with Crippen molar-refractivity contribution in [2.45, 2.75) is 65.3 Å². The van der Waals surface area contributed by atoms with Gasteiger partial charge in [-0.1, -0.05) is 46.7 Å². The van der Waals surface area contributed by atoms with E-state index in [1.165, 1.54) is 0 Å². The summed E-state index contributed by atoms with van der Waals surface area (Å²) in [5, 5.41) is 3.17. The molecule has 1 unspecified atom stereocenters. The lowest BCUT2D eigenvalue weighted by Crippen LogP contribution is -2.27. The van der Waals surface area contributed by atoms with Crippen LogP contribution in [0.5, 0.6) is 5.75 Å². The number of nitroso groups, excluding NO2 is 1. The molecule has 1 amide bonds. The van der Waals surface area contributed by atoms with Crippen LogP contribution in [-0.2, 0) is 20.3 Å². The number of amides is 1. The molecule has 1 atom stereocenters. The van der Waals surface area contributed by atoms with Crippen molar-refractivity contribution in [3.05, 3.63) is 33.2 Å². The van der Waals surface area contributed by atoms with E-state index in [-0.39, 0.29) is 12.2 Å². The number of rotatable bonds is 9. The highest BCUT2D eigenvalue weighted by Gasteiger charge is 2.34. The second kappa shape index (κ2) is 9.47. The van der Waals surface area contributed by atoms with Crippen LogP contribution in [0, 0.1) is 4.91 Å². The highest BCUT2D eigenvalue weighted by Crippen LogP contribution is 2.45. The van der Waals surface area contributed by atoms with E-state index in [1.807, 2.05) is 41.5 Å². The summed E-state index contributed by atoms with van der Waals surface area (Å²) in [6.07, 6.45) is 0. The molecule has 28 heavy (non-hydrogen) atoms. The summed E-state index contributed by atoms with van der Waals surface area (Å²) in [6, 6.07) is 0.974. The minimum atomic E-state index is -0.748. The second-order valence-electron chi connectivity index (χ2n) is 8.90. The molecule has 0 radical (unpaired) electrons. The number of carbonyl (C=O) groups is 1. The standard InChI is InChI=1S/C21H34N2O5/c1-13(23-25)16-14(19(22)24)11-15(20(2,3)4)18(17(16)21(5,6)7)28-12-27-10-9-26-8/h11,13H,9-10,12H2,1-8H3,(H2,22,24). The van der Waals surface area contributed by atoms with Gasteiger partial charge in [0.05, 0.1) is 13.2 Å². The van der Waals surface area contributed by atoms with Crippen LogP contribution in [0.25, 0.3) is 0 Å². The number of hydrogen-bond donors (Lipinski definition) is 1. The van der Waals surface area contributed by atoms with Crippen molar-refractivity contribution in [3.63, 3.8) is 0 Å². The van der Waals surface area contributed by atoms with E-state index in [4.69, 9.17) is 19.9 Å². The largest absolute Gasteiger partial charge is 0.467 e. The van der Waals surface area contributed by atoms with Crippen molar-refractivity contribution in [3.8, 4) is 5.75 Å². The predicted molar refractivity (Wildman–Crippen MR) is 110 cm³/mol. The first-order chi connectivity index (χ1) is 12.9. The fourth-order valence-electron chi connectivity index (χ4n) is 3.12. The molecule has 158 valence electrons. The maximum Gasteiger partial charge on any atom is 0.249 e. The van der Waals surface area contributed by atoms with E-state index in [9.17, 15) is 9.70 Å². The van der Waals surface area contributed by atoms with E-state index < -0.39 is 17.4 Å². The average Bonchev–Trinajstić information content (AvgIpc) is 2.57. The van der Waals surface area contributed by atoms with Gasteiger partial charge in [0.2, 0.25) is 5.91 Å². The Morgan fingerprint density at radius 1 is 1.14 bits per heavy atom. The highest BCUT2D eigenvalue weighted by molar-refractivity contribution is 5.96. The molecule has 1 rings (SSSR count). The summed E-state index contributed by atoms with van der Waals surface area (Å²) < 4.78 is 16.5. The molecule has 0 aliphatic rings. The third kappa shape index (κ3) is 5.75. The second-order valence-corrected chi connectivity index (χ2v) is 8.90. The molecular weight excluding hydrogens is 360 g/mol. The van der Waals surface area contributed by atoms with Crippen LogP contribution < -0.4 is 10.5 Å². The molecule has 0 fully saturated rings. The number of methoxy groups -OCH3 is 1. The van der Waals surface area contributed by atoms with Crippen LogP contribution in [0.15, 0.2) is 11.2 Å². The SMILES string of the molecule is COCCOCOc1c(C(C)(C)C)cc(C(N)=O)c(C(C)N=O)c1C(C)(C)C. The molecule has 7 heteroatoms. The molecule has 0 saturated carbocycles. The molecule has 0 bridgehead atoms. The van der Waals surface area contributed by atoms with Crippen LogP contribution in [0.3, 0.4) is 0 Å². The number of carbonyl (C=O) groups excluding carboxylic acids is 1. The van der Waals surface area contributed by atoms with Crippen molar-refractivity contribution in [1.29, 1.82) is 0 Å². The summed E-state index contributed by atoms with van der Waals surface area (Å²) in [5.74, 6) is 0.0114. The maximum atomic E-state index is 12.2. The summed E-state index contributed by atoms with van der Waals surface area (Å²) >= 11 is 0. The zero-order valence-electron chi connectivity index (χ0n) is 18.3. The molecule has 0 aromatic heterocycles. The Morgan fingerprint density at radius 2 is 1.75 bits per heavy atom. The van der Waals surface area contributed by atoms with E-state index in [1.54, 1.807) is 20.1 Å². The summed E-state index contributed by atoms with van der Waals surface area (Å²) in [5.41, 5.74) is 7.29. The topological polar surface area (TPSA) is 100 Å². The number of benzene rings is 1. The number of nitrogens with two attached hydrogens (primary N) is 1. The molecule has 1 aromatic rings. The van der Waals surface area contributed by atoms with Crippen molar-refractivity contribution in [2.24, 2.45) is 10.9 Å². The average molecular weight is 395 g/mol. The van der Waals surface area contributed by atoms with Crippen LogP contribution in [0.4, 0.5) is 0 Å². The van der Waals surface area contributed by atoms with Crippen LogP contribution >= 0.6 is 0 Å². The van der Waals surface area contributed by atoms with Gasteiger partial charge < -0.3 is 19.9 Å². The third-order valence-corrected chi connectivity index (χ3v) is 4.44. The number of nitrogens with zero attached hydrogens (tertiary/aromatic N) is 1. The Bertz CT molecular complexity index is 702. The molecule has 0 heterocycles. The predicted octanol–water partition coefficient (Wildman–Crippen LogP) is 4.21. The third-order valence-electron chi connectivity index (χ3n) is 4.44. The van der Waals surface area contributed by atoms with Crippen LogP contribution in [0.2, 0.25) is 0 Å². The molecule has 2 N–H and O–H groups in total. The summed E-state index contributed by atoms with van der Waals surface area (Å²) in [4.78, 5) is 23.6. The van der Waals surface area contributed by atoms with E-state index in [2.05, 4.69) is 5.18 Å². The van der Waals surface area contributed by atoms with Gasteiger partial charge in [-0.2, -0.15) is 4.91 Å². The fraction of sp³-hybridized carbons (Fsp3) is 0.667. The van der Waals surface area contributed by atoms with Gasteiger partial charge in [0.1, 0.15) is 11.8 Å². The quantitative estimate of drug-likeness (QED) is 0.384. The molecule has 0 aliphatic carbocycles.